The van der Waals surface area contributed by atoms with Crippen LogP contribution in [0.25, 0.3) is 0 Å². The molecule has 8 heteroatoms. The van der Waals surface area contributed by atoms with Gasteiger partial charge in [0.05, 0.1) is 24.1 Å². The Morgan fingerprint density at radius 1 is 1.54 bits per heavy atom. The standard InChI is InChI=1S/C18H28ClN5O2/c1-4-20-18(22-10-7-16(25)26-13(2)3)23-14-8-11-24(12-14)17-15(19)6-5-9-21-17/h5-6,9,13-14H,4,7-8,10-12H2,1-3H3,(H2,20,22,23). The fourth-order valence-electron chi connectivity index (χ4n) is 2.77. The molecule has 1 unspecified atom stereocenters. The first-order valence-corrected chi connectivity index (χ1v) is 9.47. The zero-order valence-electron chi connectivity index (χ0n) is 15.7. The molecular weight excluding hydrogens is 354 g/mol. The van der Waals surface area contributed by atoms with E-state index < -0.39 is 0 Å². The molecule has 0 amide bonds. The van der Waals surface area contributed by atoms with Gasteiger partial charge >= 0.3 is 5.97 Å². The molecule has 7 nitrogen and oxygen atoms in total. The minimum absolute atomic E-state index is 0.0965. The van der Waals surface area contributed by atoms with Gasteiger partial charge in [-0.15, -0.1) is 0 Å². The summed E-state index contributed by atoms with van der Waals surface area (Å²) in [6.45, 7) is 8.52. The second-order valence-corrected chi connectivity index (χ2v) is 6.84. The fraction of sp³-hybridized carbons (Fsp3) is 0.611. The van der Waals surface area contributed by atoms with Crippen molar-refractivity contribution in [3.05, 3.63) is 23.4 Å². The van der Waals surface area contributed by atoms with Gasteiger partial charge in [0.25, 0.3) is 0 Å². The van der Waals surface area contributed by atoms with E-state index in [0.29, 0.717) is 17.5 Å². The number of hydrogen-bond acceptors (Lipinski definition) is 5. The van der Waals surface area contributed by atoms with Crippen molar-refractivity contribution in [3.63, 3.8) is 0 Å². The predicted octanol–water partition coefficient (Wildman–Crippen LogP) is 2.21. The van der Waals surface area contributed by atoms with E-state index >= 15 is 0 Å². The van der Waals surface area contributed by atoms with E-state index in [2.05, 4.69) is 25.5 Å². The predicted molar refractivity (Wildman–Crippen MR) is 105 cm³/mol. The summed E-state index contributed by atoms with van der Waals surface area (Å²) in [6.07, 6.45) is 2.90. The molecule has 26 heavy (non-hydrogen) atoms. The third kappa shape index (κ3) is 6.37. The lowest BCUT2D eigenvalue weighted by atomic mass is 10.3. The van der Waals surface area contributed by atoms with Gasteiger partial charge in [-0.05, 0) is 39.3 Å². The number of esters is 1. The van der Waals surface area contributed by atoms with Crippen LogP contribution in [0.15, 0.2) is 23.3 Å². The highest BCUT2D eigenvalue weighted by atomic mass is 35.5. The van der Waals surface area contributed by atoms with Gasteiger partial charge in [-0.3, -0.25) is 9.79 Å². The van der Waals surface area contributed by atoms with Crippen molar-refractivity contribution in [1.82, 2.24) is 15.6 Å². The van der Waals surface area contributed by atoms with E-state index in [1.165, 1.54) is 0 Å². The van der Waals surface area contributed by atoms with Gasteiger partial charge in [-0.2, -0.15) is 0 Å². The lowest BCUT2D eigenvalue weighted by molar-refractivity contribution is -0.147. The maximum Gasteiger partial charge on any atom is 0.307 e. The number of halogens is 1. The number of nitrogens with one attached hydrogen (secondary N) is 2. The quantitative estimate of drug-likeness (QED) is 0.428. The molecule has 2 heterocycles. The van der Waals surface area contributed by atoms with Crippen LogP contribution < -0.4 is 15.5 Å². The lowest BCUT2D eigenvalue weighted by Gasteiger charge is -2.20. The van der Waals surface area contributed by atoms with Gasteiger partial charge < -0.3 is 20.3 Å². The Labute approximate surface area is 160 Å². The zero-order chi connectivity index (χ0) is 18.9. The average Bonchev–Trinajstić information content (AvgIpc) is 3.03. The summed E-state index contributed by atoms with van der Waals surface area (Å²) in [5.41, 5.74) is 0. The second kappa shape index (κ2) is 10.2. The molecule has 0 spiro atoms. The second-order valence-electron chi connectivity index (χ2n) is 6.43. The summed E-state index contributed by atoms with van der Waals surface area (Å²) in [5, 5.41) is 7.31. The molecule has 0 radical (unpaired) electrons. The molecular formula is C18H28ClN5O2. The van der Waals surface area contributed by atoms with Crippen molar-refractivity contribution in [2.45, 2.75) is 45.8 Å². The SMILES string of the molecule is CCNC(=NCCC(=O)OC(C)C)NC1CCN(c2ncccc2Cl)C1. The Bertz CT molecular complexity index is 623. The minimum Gasteiger partial charge on any atom is -0.463 e. The van der Waals surface area contributed by atoms with E-state index in [1.807, 2.05) is 32.9 Å². The Kier molecular flexibility index (Phi) is 7.97. The molecule has 144 valence electrons. The molecule has 0 aliphatic carbocycles. The van der Waals surface area contributed by atoms with Gasteiger partial charge in [-0.25, -0.2) is 4.98 Å². The maximum absolute atomic E-state index is 11.6. The molecule has 2 rings (SSSR count). The number of rotatable bonds is 7. The minimum atomic E-state index is -0.226. The zero-order valence-corrected chi connectivity index (χ0v) is 16.4. The van der Waals surface area contributed by atoms with Crippen LogP contribution in [-0.2, 0) is 9.53 Å². The summed E-state index contributed by atoms with van der Waals surface area (Å²) in [4.78, 5) is 22.6. The molecule has 2 N–H and O–H groups in total. The first-order chi connectivity index (χ1) is 12.5. The number of carbonyl (C=O) groups is 1. The number of carbonyl (C=O) groups excluding carboxylic acids is 1. The Balaban J connectivity index is 1.86. The molecule has 1 fully saturated rings. The van der Waals surface area contributed by atoms with Crippen molar-refractivity contribution in [1.29, 1.82) is 0 Å². The molecule has 1 aromatic rings. The van der Waals surface area contributed by atoms with E-state index in [1.54, 1.807) is 6.20 Å². The summed E-state index contributed by atoms with van der Waals surface area (Å²) in [6, 6.07) is 3.93. The lowest BCUT2D eigenvalue weighted by Crippen LogP contribution is -2.44. The van der Waals surface area contributed by atoms with Gasteiger partial charge in [0.2, 0.25) is 0 Å². The number of aliphatic imine (C=N–C) groups is 1. The fourth-order valence-corrected chi connectivity index (χ4v) is 3.02. The monoisotopic (exact) mass is 381 g/mol. The normalized spacial score (nSPS) is 17.5. The maximum atomic E-state index is 11.6. The van der Waals surface area contributed by atoms with Gasteiger partial charge in [-0.1, -0.05) is 11.6 Å². The van der Waals surface area contributed by atoms with Crippen LogP contribution in [0.4, 0.5) is 5.82 Å². The van der Waals surface area contributed by atoms with E-state index in [4.69, 9.17) is 16.3 Å². The molecule has 1 aromatic heterocycles. The number of nitrogens with zero attached hydrogens (tertiary/aromatic N) is 3. The topological polar surface area (TPSA) is 78.8 Å². The van der Waals surface area contributed by atoms with Crippen LogP contribution in [0.1, 0.15) is 33.6 Å². The van der Waals surface area contributed by atoms with Gasteiger partial charge in [0.1, 0.15) is 5.82 Å². The van der Waals surface area contributed by atoms with Crippen molar-refractivity contribution in [2.24, 2.45) is 4.99 Å². The molecule has 0 aromatic carbocycles. The third-order valence-corrected chi connectivity index (χ3v) is 4.16. The first kappa shape index (κ1) is 20.3. The van der Waals surface area contributed by atoms with Gasteiger partial charge in [0, 0.05) is 31.9 Å². The largest absolute Gasteiger partial charge is 0.463 e. The number of aromatic nitrogens is 1. The van der Waals surface area contributed by atoms with Crippen molar-refractivity contribution >= 4 is 29.3 Å². The van der Waals surface area contributed by atoms with E-state index in [9.17, 15) is 4.79 Å². The Morgan fingerprint density at radius 3 is 3.04 bits per heavy atom. The van der Waals surface area contributed by atoms with Crippen LogP contribution in [0.5, 0.6) is 0 Å². The van der Waals surface area contributed by atoms with E-state index in [-0.39, 0.29) is 24.5 Å². The summed E-state index contributed by atoms with van der Waals surface area (Å²) in [7, 11) is 0. The van der Waals surface area contributed by atoms with Gasteiger partial charge in [0.15, 0.2) is 5.96 Å². The molecule has 1 aliphatic rings. The van der Waals surface area contributed by atoms with E-state index in [0.717, 1.165) is 31.9 Å². The van der Waals surface area contributed by atoms with Crippen molar-refractivity contribution in [3.8, 4) is 0 Å². The number of pyridine rings is 1. The number of ether oxygens (including phenoxy) is 1. The van der Waals surface area contributed by atoms with Crippen LogP contribution >= 0.6 is 11.6 Å². The van der Waals surface area contributed by atoms with Crippen LogP contribution in [0, 0.1) is 0 Å². The summed E-state index contributed by atoms with van der Waals surface area (Å²) >= 11 is 6.24. The molecule has 1 saturated heterocycles. The summed E-state index contributed by atoms with van der Waals surface area (Å²) < 4.78 is 5.12. The van der Waals surface area contributed by atoms with Crippen molar-refractivity contribution < 1.29 is 9.53 Å². The van der Waals surface area contributed by atoms with Crippen molar-refractivity contribution in [2.75, 3.05) is 31.1 Å². The molecule has 1 aliphatic heterocycles. The number of hydrogen-bond donors (Lipinski definition) is 2. The highest BCUT2D eigenvalue weighted by molar-refractivity contribution is 6.32. The summed E-state index contributed by atoms with van der Waals surface area (Å²) in [5.74, 6) is 1.30. The van der Waals surface area contributed by atoms with Crippen LogP contribution in [-0.4, -0.2) is 55.2 Å². The molecule has 0 bridgehead atoms. The average molecular weight is 382 g/mol. The van der Waals surface area contributed by atoms with Crippen LogP contribution in [0.2, 0.25) is 5.02 Å². The Morgan fingerprint density at radius 2 is 2.35 bits per heavy atom. The molecule has 0 saturated carbocycles. The molecule has 1 atom stereocenters. The number of guanidine groups is 1. The first-order valence-electron chi connectivity index (χ1n) is 9.09. The highest BCUT2D eigenvalue weighted by Crippen LogP contribution is 2.25. The highest BCUT2D eigenvalue weighted by Gasteiger charge is 2.25. The smallest absolute Gasteiger partial charge is 0.307 e. The number of anilines is 1. The third-order valence-electron chi connectivity index (χ3n) is 3.86. The van der Waals surface area contributed by atoms with Crippen LogP contribution in [0.3, 0.4) is 0 Å². The Hall–Kier alpha value is -2.02.